The SMILES string of the molecule is Cc1cc(-c2c3ccccc3c(-c3cccc4ccccc34)c3ccccc23)c(C)cc1C/C=C\C=C/N. The van der Waals surface area contributed by atoms with Crippen LogP contribution in [-0.2, 0) is 6.42 Å². The number of benzene rings is 6. The first kappa shape index (κ1) is 23.8. The maximum atomic E-state index is 5.48. The van der Waals surface area contributed by atoms with Gasteiger partial charge in [-0.05, 0) is 104 Å². The summed E-state index contributed by atoms with van der Waals surface area (Å²) in [6, 6.07) is 37.9. The van der Waals surface area contributed by atoms with Gasteiger partial charge in [-0.15, -0.1) is 0 Å². The monoisotopic (exact) mass is 489 g/mol. The fourth-order valence-electron chi connectivity index (χ4n) is 5.86. The van der Waals surface area contributed by atoms with Gasteiger partial charge in [0.05, 0.1) is 0 Å². The van der Waals surface area contributed by atoms with Crippen LogP contribution >= 0.6 is 0 Å². The van der Waals surface area contributed by atoms with E-state index in [4.69, 9.17) is 5.73 Å². The second-order valence-corrected chi connectivity index (χ2v) is 9.98. The number of rotatable bonds is 5. The minimum absolute atomic E-state index is 0.888. The van der Waals surface area contributed by atoms with Gasteiger partial charge in [0.25, 0.3) is 0 Å². The van der Waals surface area contributed by atoms with Crippen molar-refractivity contribution in [2.75, 3.05) is 0 Å². The highest BCUT2D eigenvalue weighted by Gasteiger charge is 2.19. The summed E-state index contributed by atoms with van der Waals surface area (Å²) < 4.78 is 0. The molecule has 6 aromatic rings. The minimum Gasteiger partial charge on any atom is -0.405 e. The largest absolute Gasteiger partial charge is 0.405 e. The first-order chi connectivity index (χ1) is 18.7. The molecule has 0 aliphatic rings. The van der Waals surface area contributed by atoms with Crippen LogP contribution in [0.4, 0.5) is 0 Å². The van der Waals surface area contributed by atoms with Crippen LogP contribution in [0, 0.1) is 13.8 Å². The second-order valence-electron chi connectivity index (χ2n) is 9.98. The molecule has 0 aromatic heterocycles. The Morgan fingerprint density at radius 3 is 1.74 bits per heavy atom. The number of fused-ring (bicyclic) bond motifs is 3. The molecule has 0 spiro atoms. The normalized spacial score (nSPS) is 11.9. The van der Waals surface area contributed by atoms with Crippen molar-refractivity contribution in [1.82, 2.24) is 0 Å². The molecular weight excluding hydrogens is 458 g/mol. The number of hydrogen-bond acceptors (Lipinski definition) is 1. The Kier molecular flexibility index (Phi) is 6.27. The lowest BCUT2D eigenvalue weighted by Crippen LogP contribution is -1.96. The minimum atomic E-state index is 0.888. The predicted octanol–water partition coefficient (Wildman–Crippen LogP) is 9.67. The number of hydrogen-bond donors (Lipinski definition) is 1. The van der Waals surface area contributed by atoms with E-state index < -0.39 is 0 Å². The van der Waals surface area contributed by atoms with Crippen LogP contribution in [0.3, 0.4) is 0 Å². The molecule has 2 N–H and O–H groups in total. The van der Waals surface area contributed by atoms with E-state index in [1.54, 1.807) is 6.20 Å². The van der Waals surface area contributed by atoms with E-state index in [2.05, 4.69) is 123 Å². The molecule has 0 aliphatic carbocycles. The van der Waals surface area contributed by atoms with Crippen LogP contribution in [0.1, 0.15) is 16.7 Å². The van der Waals surface area contributed by atoms with E-state index in [9.17, 15) is 0 Å². The topological polar surface area (TPSA) is 26.0 Å². The average molecular weight is 490 g/mol. The van der Waals surface area contributed by atoms with E-state index in [1.807, 2.05) is 12.2 Å². The molecule has 1 nitrogen and oxygen atoms in total. The molecular formula is C37H31N. The Hall–Kier alpha value is -4.62. The molecule has 0 radical (unpaired) electrons. The maximum Gasteiger partial charge on any atom is -0.00201 e. The average Bonchev–Trinajstić information content (AvgIpc) is 2.95. The van der Waals surface area contributed by atoms with Crippen LogP contribution in [-0.4, -0.2) is 0 Å². The second kappa shape index (κ2) is 10.0. The first-order valence-corrected chi connectivity index (χ1v) is 13.2. The molecule has 6 aromatic carbocycles. The zero-order chi connectivity index (χ0) is 26.1. The molecule has 38 heavy (non-hydrogen) atoms. The fraction of sp³-hybridized carbons (Fsp3) is 0.0811. The predicted molar refractivity (Wildman–Crippen MR) is 165 cm³/mol. The van der Waals surface area contributed by atoms with Crippen molar-refractivity contribution in [3.05, 3.63) is 144 Å². The smallest absolute Gasteiger partial charge is 0.00201 e. The maximum absolute atomic E-state index is 5.48. The standard InChI is InChI=1S/C37H31N/c1-25-24-35(26(2)23-28(25)14-4-3-11-22-38)37-33-19-9-7-17-31(33)36(32-18-8-10-20-34(32)37)30-21-12-15-27-13-5-6-16-29(27)30/h3-13,15-24H,14,38H2,1-2H3/b4-3-,22-11-. The van der Waals surface area contributed by atoms with Gasteiger partial charge in [-0.25, -0.2) is 0 Å². The molecule has 0 saturated heterocycles. The summed E-state index contributed by atoms with van der Waals surface area (Å²) in [6.45, 7) is 4.46. The van der Waals surface area contributed by atoms with E-state index in [0.717, 1.165) is 6.42 Å². The molecule has 0 atom stereocenters. The zero-order valence-electron chi connectivity index (χ0n) is 21.9. The quantitative estimate of drug-likeness (QED) is 0.189. The van der Waals surface area contributed by atoms with Gasteiger partial charge in [-0.1, -0.05) is 115 Å². The van der Waals surface area contributed by atoms with Crippen molar-refractivity contribution >= 4 is 32.3 Å². The zero-order valence-corrected chi connectivity index (χ0v) is 21.9. The lowest BCUT2D eigenvalue weighted by atomic mass is 9.83. The summed E-state index contributed by atoms with van der Waals surface area (Å²) in [5, 5.41) is 7.70. The van der Waals surface area contributed by atoms with Gasteiger partial charge in [0.1, 0.15) is 0 Å². The number of nitrogens with two attached hydrogens (primary N) is 1. The lowest BCUT2D eigenvalue weighted by Gasteiger charge is -2.20. The van der Waals surface area contributed by atoms with Crippen molar-refractivity contribution < 1.29 is 0 Å². The van der Waals surface area contributed by atoms with Gasteiger partial charge < -0.3 is 5.73 Å². The van der Waals surface area contributed by atoms with Gasteiger partial charge in [0.15, 0.2) is 0 Å². The highest BCUT2D eigenvalue weighted by atomic mass is 14.5. The molecule has 0 bridgehead atoms. The Balaban J connectivity index is 1.66. The molecule has 0 aliphatic heterocycles. The highest BCUT2D eigenvalue weighted by molar-refractivity contribution is 6.23. The highest BCUT2D eigenvalue weighted by Crippen LogP contribution is 2.46. The Morgan fingerprint density at radius 1 is 0.553 bits per heavy atom. The third kappa shape index (κ3) is 4.07. The summed E-state index contributed by atoms with van der Waals surface area (Å²) in [6.07, 6.45) is 8.49. The number of allylic oxidation sites excluding steroid dienone is 3. The van der Waals surface area contributed by atoms with Crippen LogP contribution in [0.5, 0.6) is 0 Å². The Bertz CT molecular complexity index is 1810. The Labute approximate surface area is 224 Å². The molecule has 0 unspecified atom stereocenters. The van der Waals surface area contributed by atoms with Gasteiger partial charge in [-0.3, -0.25) is 0 Å². The van der Waals surface area contributed by atoms with Crippen molar-refractivity contribution in [1.29, 1.82) is 0 Å². The molecule has 1 heteroatoms. The van der Waals surface area contributed by atoms with Crippen molar-refractivity contribution in [2.24, 2.45) is 5.73 Å². The molecule has 0 saturated carbocycles. The first-order valence-electron chi connectivity index (χ1n) is 13.2. The molecule has 0 heterocycles. The lowest BCUT2D eigenvalue weighted by molar-refractivity contribution is 1.20. The van der Waals surface area contributed by atoms with E-state index >= 15 is 0 Å². The fourth-order valence-corrected chi connectivity index (χ4v) is 5.86. The van der Waals surface area contributed by atoms with Crippen LogP contribution in [0.2, 0.25) is 0 Å². The van der Waals surface area contributed by atoms with E-state index in [1.165, 1.54) is 71.3 Å². The molecule has 184 valence electrons. The van der Waals surface area contributed by atoms with Crippen molar-refractivity contribution in [3.63, 3.8) is 0 Å². The van der Waals surface area contributed by atoms with E-state index in [-0.39, 0.29) is 0 Å². The van der Waals surface area contributed by atoms with Crippen molar-refractivity contribution in [3.8, 4) is 22.3 Å². The van der Waals surface area contributed by atoms with Crippen LogP contribution in [0.25, 0.3) is 54.6 Å². The van der Waals surface area contributed by atoms with E-state index in [0.29, 0.717) is 0 Å². The summed E-state index contributed by atoms with van der Waals surface area (Å²) in [7, 11) is 0. The van der Waals surface area contributed by atoms with Crippen LogP contribution < -0.4 is 5.73 Å². The Morgan fingerprint density at radius 2 is 1.11 bits per heavy atom. The molecule has 0 amide bonds. The summed E-state index contributed by atoms with van der Waals surface area (Å²) in [5.74, 6) is 0. The summed E-state index contributed by atoms with van der Waals surface area (Å²) in [4.78, 5) is 0. The third-order valence-corrected chi connectivity index (χ3v) is 7.64. The van der Waals surface area contributed by atoms with Gasteiger partial charge in [0, 0.05) is 0 Å². The molecule has 6 rings (SSSR count). The number of aryl methyl sites for hydroxylation is 2. The van der Waals surface area contributed by atoms with Crippen LogP contribution in [0.15, 0.2) is 128 Å². The summed E-state index contributed by atoms with van der Waals surface area (Å²) in [5.41, 5.74) is 14.6. The van der Waals surface area contributed by atoms with Gasteiger partial charge >= 0.3 is 0 Å². The van der Waals surface area contributed by atoms with Crippen molar-refractivity contribution in [2.45, 2.75) is 20.3 Å². The van der Waals surface area contributed by atoms with Gasteiger partial charge in [-0.2, -0.15) is 0 Å². The third-order valence-electron chi connectivity index (χ3n) is 7.64. The molecule has 0 fully saturated rings. The summed E-state index contributed by atoms with van der Waals surface area (Å²) >= 11 is 0. The van der Waals surface area contributed by atoms with Gasteiger partial charge in [0.2, 0.25) is 0 Å².